The highest BCUT2D eigenvalue weighted by Gasteiger charge is 2.56. The number of likely N-dealkylation sites (tertiary alicyclic amines) is 1. The van der Waals surface area contributed by atoms with Gasteiger partial charge in [0, 0.05) is 30.7 Å². The first-order valence-corrected chi connectivity index (χ1v) is 5.90. The predicted octanol–water partition coefficient (Wildman–Crippen LogP) is 1.71. The highest BCUT2D eigenvalue weighted by Crippen LogP contribution is 2.47. The summed E-state index contributed by atoms with van der Waals surface area (Å²) in [5.74, 6) is 1.88. The minimum absolute atomic E-state index is 0.371. The third-order valence-electron chi connectivity index (χ3n) is 3.67. The second kappa shape index (κ2) is 3.21. The number of nitrogens with one attached hydrogen (secondary N) is 1. The Morgan fingerprint density at radius 3 is 2.00 bits per heavy atom. The van der Waals surface area contributed by atoms with Crippen LogP contribution in [0, 0.1) is 11.8 Å². The Hall–Kier alpha value is -0.0800. The van der Waals surface area contributed by atoms with Gasteiger partial charge in [0.15, 0.2) is 0 Å². The van der Waals surface area contributed by atoms with E-state index in [1.54, 1.807) is 0 Å². The van der Waals surface area contributed by atoms with Crippen molar-refractivity contribution in [2.24, 2.45) is 11.8 Å². The second-order valence-electron chi connectivity index (χ2n) is 6.25. The van der Waals surface area contributed by atoms with Gasteiger partial charge >= 0.3 is 0 Å². The summed E-state index contributed by atoms with van der Waals surface area (Å²) in [6.07, 6.45) is 0. The summed E-state index contributed by atoms with van der Waals surface area (Å²) in [6, 6.07) is 1.47. The Kier molecular flexibility index (Phi) is 2.39. The summed E-state index contributed by atoms with van der Waals surface area (Å²) in [6.45, 7) is 14.1. The van der Waals surface area contributed by atoms with Crippen molar-refractivity contribution in [3.63, 3.8) is 0 Å². The number of hydrogen-bond acceptors (Lipinski definition) is 2. The molecule has 2 aliphatic rings. The van der Waals surface area contributed by atoms with E-state index in [-0.39, 0.29) is 0 Å². The van der Waals surface area contributed by atoms with Crippen molar-refractivity contribution >= 4 is 0 Å². The van der Waals surface area contributed by atoms with Crippen LogP contribution in [0.5, 0.6) is 0 Å². The van der Waals surface area contributed by atoms with Crippen LogP contribution in [-0.4, -0.2) is 35.6 Å². The lowest BCUT2D eigenvalue weighted by atomic mass is 10.1. The molecule has 14 heavy (non-hydrogen) atoms. The van der Waals surface area contributed by atoms with Gasteiger partial charge in [-0.15, -0.1) is 0 Å². The molecular weight excluding hydrogens is 172 g/mol. The van der Waals surface area contributed by atoms with Crippen molar-refractivity contribution < 1.29 is 0 Å². The number of nitrogens with zero attached hydrogens (tertiary/aromatic N) is 1. The monoisotopic (exact) mass is 196 g/mol. The number of piperidine rings is 1. The van der Waals surface area contributed by atoms with Crippen LogP contribution in [-0.2, 0) is 0 Å². The van der Waals surface area contributed by atoms with Crippen LogP contribution in [0.25, 0.3) is 0 Å². The van der Waals surface area contributed by atoms with Crippen LogP contribution in [0.15, 0.2) is 0 Å². The molecule has 0 unspecified atom stereocenters. The van der Waals surface area contributed by atoms with E-state index in [9.17, 15) is 0 Å². The molecule has 0 bridgehead atoms. The van der Waals surface area contributed by atoms with Crippen molar-refractivity contribution in [3.05, 3.63) is 0 Å². The second-order valence-corrected chi connectivity index (χ2v) is 6.25. The Bertz CT molecular complexity index is 205. The smallest absolute Gasteiger partial charge is 0.0158 e. The third-order valence-corrected chi connectivity index (χ3v) is 3.67. The van der Waals surface area contributed by atoms with E-state index in [2.05, 4.69) is 44.8 Å². The SMILES string of the molecule is CC(C)N[C@H]1[C@@H]2CN(C(C)(C)C)C[C@@H]21. The average molecular weight is 196 g/mol. The summed E-state index contributed by atoms with van der Waals surface area (Å²) >= 11 is 0. The summed E-state index contributed by atoms with van der Waals surface area (Å²) < 4.78 is 0. The van der Waals surface area contributed by atoms with E-state index in [0.29, 0.717) is 11.6 Å². The Labute approximate surface area is 88.1 Å². The van der Waals surface area contributed by atoms with E-state index in [1.165, 1.54) is 13.1 Å². The number of fused-ring (bicyclic) bond motifs is 1. The number of hydrogen-bond donors (Lipinski definition) is 1. The first-order valence-electron chi connectivity index (χ1n) is 5.90. The lowest BCUT2D eigenvalue weighted by molar-refractivity contribution is 0.149. The van der Waals surface area contributed by atoms with E-state index in [4.69, 9.17) is 0 Å². The minimum Gasteiger partial charge on any atom is -0.311 e. The lowest BCUT2D eigenvalue weighted by Crippen LogP contribution is -2.43. The molecule has 1 heterocycles. The van der Waals surface area contributed by atoms with E-state index < -0.39 is 0 Å². The van der Waals surface area contributed by atoms with Crippen molar-refractivity contribution in [1.29, 1.82) is 0 Å². The Balaban J connectivity index is 1.82. The Morgan fingerprint density at radius 2 is 1.64 bits per heavy atom. The molecule has 3 atom stereocenters. The van der Waals surface area contributed by atoms with Gasteiger partial charge in [-0.25, -0.2) is 0 Å². The molecule has 1 aliphatic heterocycles. The fraction of sp³-hybridized carbons (Fsp3) is 1.00. The first kappa shape index (κ1) is 10.4. The molecule has 2 nitrogen and oxygen atoms in total. The molecule has 0 amide bonds. The van der Waals surface area contributed by atoms with Gasteiger partial charge in [0.05, 0.1) is 0 Å². The molecule has 1 saturated heterocycles. The first-order chi connectivity index (χ1) is 6.39. The topological polar surface area (TPSA) is 15.3 Å². The van der Waals surface area contributed by atoms with Crippen molar-refractivity contribution in [2.75, 3.05) is 13.1 Å². The summed E-state index contributed by atoms with van der Waals surface area (Å²) in [4.78, 5) is 2.63. The summed E-state index contributed by atoms with van der Waals surface area (Å²) in [5.41, 5.74) is 0.371. The number of rotatable bonds is 2. The zero-order valence-electron chi connectivity index (χ0n) is 10.2. The molecule has 2 heteroatoms. The highest BCUT2D eigenvalue weighted by atomic mass is 15.3. The van der Waals surface area contributed by atoms with Crippen molar-refractivity contribution in [2.45, 2.75) is 52.2 Å². The van der Waals surface area contributed by atoms with Crippen molar-refractivity contribution in [1.82, 2.24) is 10.2 Å². The van der Waals surface area contributed by atoms with Gasteiger partial charge in [0.2, 0.25) is 0 Å². The summed E-state index contributed by atoms with van der Waals surface area (Å²) in [5, 5.41) is 3.66. The van der Waals surface area contributed by atoms with Crippen LogP contribution >= 0.6 is 0 Å². The van der Waals surface area contributed by atoms with Gasteiger partial charge in [-0.3, -0.25) is 4.90 Å². The van der Waals surface area contributed by atoms with Crippen LogP contribution < -0.4 is 5.32 Å². The molecule has 2 rings (SSSR count). The van der Waals surface area contributed by atoms with Crippen molar-refractivity contribution in [3.8, 4) is 0 Å². The largest absolute Gasteiger partial charge is 0.311 e. The van der Waals surface area contributed by atoms with Gasteiger partial charge in [-0.1, -0.05) is 13.8 Å². The molecule has 1 aliphatic carbocycles. The van der Waals surface area contributed by atoms with Crippen LogP contribution in [0.3, 0.4) is 0 Å². The van der Waals surface area contributed by atoms with Gasteiger partial charge in [0.25, 0.3) is 0 Å². The van der Waals surface area contributed by atoms with Crippen LogP contribution in [0.2, 0.25) is 0 Å². The fourth-order valence-corrected chi connectivity index (χ4v) is 2.71. The molecular formula is C12H24N2. The Morgan fingerprint density at radius 1 is 1.14 bits per heavy atom. The molecule has 0 spiro atoms. The molecule has 1 N–H and O–H groups in total. The highest BCUT2D eigenvalue weighted by molar-refractivity contribution is 5.12. The summed E-state index contributed by atoms with van der Waals surface area (Å²) in [7, 11) is 0. The predicted molar refractivity (Wildman–Crippen MR) is 60.4 cm³/mol. The lowest BCUT2D eigenvalue weighted by Gasteiger charge is -2.33. The third kappa shape index (κ3) is 1.82. The molecule has 82 valence electrons. The van der Waals surface area contributed by atoms with E-state index in [1.807, 2.05) is 0 Å². The van der Waals surface area contributed by atoms with Crippen LogP contribution in [0.4, 0.5) is 0 Å². The molecule has 2 fully saturated rings. The minimum atomic E-state index is 0.371. The van der Waals surface area contributed by atoms with Gasteiger partial charge in [-0.2, -0.15) is 0 Å². The molecule has 1 saturated carbocycles. The average Bonchev–Trinajstić information content (AvgIpc) is 2.50. The molecule has 0 aromatic heterocycles. The van der Waals surface area contributed by atoms with E-state index >= 15 is 0 Å². The fourth-order valence-electron chi connectivity index (χ4n) is 2.71. The molecule has 0 radical (unpaired) electrons. The van der Waals surface area contributed by atoms with Gasteiger partial charge < -0.3 is 5.32 Å². The molecule has 0 aromatic carbocycles. The maximum absolute atomic E-state index is 3.66. The van der Waals surface area contributed by atoms with Crippen LogP contribution in [0.1, 0.15) is 34.6 Å². The zero-order chi connectivity index (χ0) is 10.5. The zero-order valence-corrected chi connectivity index (χ0v) is 10.2. The molecule has 0 aromatic rings. The maximum atomic E-state index is 3.66. The normalized spacial score (nSPS) is 37.7. The van der Waals surface area contributed by atoms with Gasteiger partial charge in [0.1, 0.15) is 0 Å². The maximum Gasteiger partial charge on any atom is 0.0158 e. The van der Waals surface area contributed by atoms with Gasteiger partial charge in [-0.05, 0) is 32.6 Å². The quantitative estimate of drug-likeness (QED) is 0.723. The van der Waals surface area contributed by atoms with E-state index in [0.717, 1.165) is 17.9 Å². The standard InChI is InChI=1S/C12H24N2/c1-8(2)13-11-9-6-14(7-10(9)11)12(3,4)5/h8-11,13H,6-7H2,1-5H3/t9-,10+,11+.